The van der Waals surface area contributed by atoms with Gasteiger partial charge in [-0.2, -0.15) is 0 Å². The lowest BCUT2D eigenvalue weighted by atomic mass is 10.3. The molecule has 0 atom stereocenters. The Bertz CT molecular complexity index is 557. The van der Waals surface area contributed by atoms with Gasteiger partial charge in [-0.15, -0.1) is 0 Å². The fourth-order valence-electron chi connectivity index (χ4n) is 1.64. The molecule has 0 bridgehead atoms. The summed E-state index contributed by atoms with van der Waals surface area (Å²) in [6.45, 7) is 6.27. The highest BCUT2D eigenvalue weighted by atomic mass is 16.5. The molecule has 1 aromatic heterocycles. The summed E-state index contributed by atoms with van der Waals surface area (Å²) >= 11 is 0. The molecule has 0 saturated carbocycles. The lowest BCUT2D eigenvalue weighted by Gasteiger charge is -2.06. The molecule has 0 aliphatic heterocycles. The van der Waals surface area contributed by atoms with Gasteiger partial charge in [-0.3, -0.25) is 0 Å². The zero-order chi connectivity index (χ0) is 12.3. The van der Waals surface area contributed by atoms with E-state index in [1.54, 1.807) is 13.3 Å². The second-order valence-corrected chi connectivity index (χ2v) is 3.69. The smallest absolute Gasteiger partial charge is 0.335 e. The number of fused-ring (bicyclic) bond motifs is 1. The van der Waals surface area contributed by atoms with Crippen molar-refractivity contribution in [1.82, 2.24) is 9.55 Å². The molecular weight excluding hydrogens is 216 g/mol. The van der Waals surface area contributed by atoms with Crippen LogP contribution < -0.4 is 0 Å². The predicted molar refractivity (Wildman–Crippen MR) is 65.5 cm³/mol. The molecule has 0 radical (unpaired) electrons. The number of benzene rings is 1. The molecular formula is C13H14N2O2. The van der Waals surface area contributed by atoms with Crippen molar-refractivity contribution in [1.29, 1.82) is 0 Å². The minimum Gasteiger partial charge on any atom is -0.463 e. The average molecular weight is 230 g/mol. The molecule has 0 saturated heterocycles. The van der Waals surface area contributed by atoms with Crippen molar-refractivity contribution in [2.24, 2.45) is 0 Å². The van der Waals surface area contributed by atoms with Gasteiger partial charge in [0.25, 0.3) is 0 Å². The maximum Gasteiger partial charge on any atom is 0.335 e. The van der Waals surface area contributed by atoms with Crippen molar-refractivity contribution in [3.05, 3.63) is 42.7 Å². The van der Waals surface area contributed by atoms with Crippen LogP contribution in [0.5, 0.6) is 0 Å². The molecule has 2 aromatic rings. The van der Waals surface area contributed by atoms with Crippen molar-refractivity contribution in [2.75, 3.05) is 6.61 Å². The number of rotatable bonds is 4. The first-order chi connectivity index (χ1) is 8.22. The van der Waals surface area contributed by atoms with Gasteiger partial charge in [-0.25, -0.2) is 9.78 Å². The Balaban J connectivity index is 2.19. The number of hydrogen-bond donors (Lipinski definition) is 0. The summed E-state index contributed by atoms with van der Waals surface area (Å²) in [6.07, 6.45) is 1.70. The van der Waals surface area contributed by atoms with Crippen LogP contribution in [0.1, 0.15) is 6.92 Å². The molecule has 0 aliphatic rings. The molecule has 0 unspecified atom stereocenters. The fraction of sp³-hybridized carbons (Fsp3) is 0.231. The first kappa shape index (κ1) is 11.4. The topological polar surface area (TPSA) is 44.1 Å². The van der Waals surface area contributed by atoms with E-state index in [0.29, 0.717) is 18.7 Å². The van der Waals surface area contributed by atoms with E-state index in [9.17, 15) is 4.79 Å². The van der Waals surface area contributed by atoms with Gasteiger partial charge >= 0.3 is 5.97 Å². The van der Waals surface area contributed by atoms with Crippen LogP contribution in [0, 0.1) is 0 Å². The van der Waals surface area contributed by atoms with E-state index < -0.39 is 0 Å². The van der Waals surface area contributed by atoms with Crippen molar-refractivity contribution in [3.63, 3.8) is 0 Å². The van der Waals surface area contributed by atoms with Crippen LogP contribution in [0.25, 0.3) is 11.0 Å². The van der Waals surface area contributed by atoms with Crippen LogP contribution in [-0.2, 0) is 16.1 Å². The summed E-state index contributed by atoms with van der Waals surface area (Å²) in [5.41, 5.74) is 2.32. The first-order valence-electron chi connectivity index (χ1n) is 5.47. The number of carbonyl (C=O) groups excluding carboxylic acids is 1. The summed E-state index contributed by atoms with van der Waals surface area (Å²) < 4.78 is 6.78. The molecule has 17 heavy (non-hydrogen) atoms. The highest BCUT2D eigenvalue weighted by Gasteiger charge is 2.10. The Kier molecular flexibility index (Phi) is 3.23. The van der Waals surface area contributed by atoms with Gasteiger partial charge in [0.1, 0.15) is 0 Å². The van der Waals surface area contributed by atoms with Gasteiger partial charge < -0.3 is 9.30 Å². The second kappa shape index (κ2) is 4.82. The molecule has 4 heteroatoms. The molecule has 0 spiro atoms. The Morgan fingerprint density at radius 3 is 3.00 bits per heavy atom. The minimum absolute atomic E-state index is 0.356. The van der Waals surface area contributed by atoms with Crippen molar-refractivity contribution < 1.29 is 9.53 Å². The van der Waals surface area contributed by atoms with Crippen LogP contribution >= 0.6 is 0 Å². The van der Waals surface area contributed by atoms with Crippen molar-refractivity contribution in [3.8, 4) is 0 Å². The molecule has 88 valence electrons. The number of nitrogens with zero attached hydrogens (tertiary/aromatic N) is 2. The monoisotopic (exact) mass is 230 g/mol. The van der Waals surface area contributed by atoms with Crippen LogP contribution in [0.4, 0.5) is 0 Å². The maximum atomic E-state index is 11.4. The average Bonchev–Trinajstić information content (AvgIpc) is 2.73. The zero-order valence-electron chi connectivity index (χ0n) is 9.72. The number of aromatic nitrogens is 2. The van der Waals surface area contributed by atoms with Gasteiger partial charge in [0.05, 0.1) is 30.5 Å². The van der Waals surface area contributed by atoms with E-state index in [1.165, 1.54) is 0 Å². The first-order valence-corrected chi connectivity index (χ1v) is 5.47. The second-order valence-electron chi connectivity index (χ2n) is 3.69. The third kappa shape index (κ3) is 2.36. The van der Waals surface area contributed by atoms with E-state index in [2.05, 4.69) is 11.6 Å². The van der Waals surface area contributed by atoms with Gasteiger partial charge in [0.15, 0.2) is 0 Å². The van der Waals surface area contributed by atoms with Gasteiger partial charge in [-0.05, 0) is 19.1 Å². The molecule has 0 fully saturated rings. The number of ether oxygens (including phenoxy) is 1. The van der Waals surface area contributed by atoms with E-state index in [4.69, 9.17) is 4.74 Å². The van der Waals surface area contributed by atoms with E-state index in [1.807, 2.05) is 28.8 Å². The van der Waals surface area contributed by atoms with E-state index in [-0.39, 0.29) is 5.97 Å². The summed E-state index contributed by atoms with van der Waals surface area (Å²) in [7, 11) is 0. The maximum absolute atomic E-state index is 11.4. The van der Waals surface area contributed by atoms with Crippen LogP contribution in [0.15, 0.2) is 42.7 Å². The Morgan fingerprint density at radius 2 is 2.24 bits per heavy atom. The number of imidazole rings is 1. The Labute approximate surface area is 99.5 Å². The van der Waals surface area contributed by atoms with Crippen molar-refractivity contribution >= 4 is 17.0 Å². The van der Waals surface area contributed by atoms with Crippen LogP contribution in [0.3, 0.4) is 0 Å². The predicted octanol–water partition coefficient (Wildman–Crippen LogP) is 2.16. The third-order valence-electron chi connectivity index (χ3n) is 2.45. The number of carbonyl (C=O) groups is 1. The van der Waals surface area contributed by atoms with Crippen LogP contribution in [-0.4, -0.2) is 22.1 Å². The summed E-state index contributed by atoms with van der Waals surface area (Å²) in [5.74, 6) is -0.356. The molecule has 0 N–H and O–H groups in total. The van der Waals surface area contributed by atoms with Gasteiger partial charge in [-0.1, -0.05) is 18.7 Å². The number of para-hydroxylation sites is 2. The number of hydrogen-bond acceptors (Lipinski definition) is 3. The molecule has 1 aromatic carbocycles. The number of esters is 1. The Morgan fingerprint density at radius 1 is 1.47 bits per heavy atom. The Hall–Kier alpha value is -2.10. The highest BCUT2D eigenvalue weighted by Crippen LogP contribution is 2.13. The minimum atomic E-state index is -0.356. The largest absolute Gasteiger partial charge is 0.463 e. The quantitative estimate of drug-likeness (QED) is 0.597. The normalized spacial score (nSPS) is 10.4. The molecule has 0 aliphatic carbocycles. The SMILES string of the molecule is C=C(Cn1cnc2ccccc21)C(=O)OCC. The van der Waals surface area contributed by atoms with E-state index >= 15 is 0 Å². The molecule has 2 rings (SSSR count). The van der Waals surface area contributed by atoms with Crippen LogP contribution in [0.2, 0.25) is 0 Å². The summed E-state index contributed by atoms with van der Waals surface area (Å²) in [5, 5.41) is 0. The standard InChI is InChI=1S/C13H14N2O2/c1-3-17-13(16)10(2)8-15-9-14-11-6-4-5-7-12(11)15/h4-7,9H,2-3,8H2,1H3. The lowest BCUT2D eigenvalue weighted by molar-refractivity contribution is -0.138. The highest BCUT2D eigenvalue weighted by molar-refractivity contribution is 5.88. The molecule has 0 amide bonds. The zero-order valence-corrected chi connectivity index (χ0v) is 9.72. The van der Waals surface area contributed by atoms with Gasteiger partial charge in [0.2, 0.25) is 0 Å². The fourth-order valence-corrected chi connectivity index (χ4v) is 1.64. The molecule has 4 nitrogen and oxygen atoms in total. The van der Waals surface area contributed by atoms with Crippen molar-refractivity contribution in [2.45, 2.75) is 13.5 Å². The lowest BCUT2D eigenvalue weighted by Crippen LogP contribution is -2.11. The summed E-state index contributed by atoms with van der Waals surface area (Å²) in [6, 6.07) is 7.76. The van der Waals surface area contributed by atoms with Gasteiger partial charge in [0, 0.05) is 5.57 Å². The third-order valence-corrected chi connectivity index (χ3v) is 2.45. The molecule has 1 heterocycles. The van der Waals surface area contributed by atoms with E-state index in [0.717, 1.165) is 11.0 Å². The summed E-state index contributed by atoms with van der Waals surface area (Å²) in [4.78, 5) is 15.7.